The van der Waals surface area contributed by atoms with Gasteiger partial charge < -0.3 is 18.7 Å². The summed E-state index contributed by atoms with van der Waals surface area (Å²) in [6.45, 7) is 3.25. The van der Waals surface area contributed by atoms with Gasteiger partial charge in [-0.1, -0.05) is 40.2 Å². The third kappa shape index (κ3) is 3.69. The summed E-state index contributed by atoms with van der Waals surface area (Å²) in [4.78, 5) is 4.50. The molecule has 3 heterocycles. The molecular formula is C22H20ClN5O4. The van der Waals surface area contributed by atoms with Gasteiger partial charge in [0.25, 0.3) is 5.89 Å². The molecule has 0 radical (unpaired) electrons. The summed E-state index contributed by atoms with van der Waals surface area (Å²) in [5, 5.41) is 13.2. The van der Waals surface area contributed by atoms with Crippen molar-refractivity contribution in [2.45, 2.75) is 26.2 Å². The molecule has 0 bridgehead atoms. The van der Waals surface area contributed by atoms with Gasteiger partial charge in [-0.15, -0.1) is 5.10 Å². The maximum Gasteiger partial charge on any atom is 0.280 e. The molecular weight excluding hydrogens is 434 g/mol. The summed E-state index contributed by atoms with van der Waals surface area (Å²) in [5.74, 6) is 2.00. The van der Waals surface area contributed by atoms with Crippen molar-refractivity contribution >= 4 is 11.6 Å². The van der Waals surface area contributed by atoms with Gasteiger partial charge in [-0.05, 0) is 36.8 Å². The molecule has 0 saturated heterocycles. The van der Waals surface area contributed by atoms with Crippen molar-refractivity contribution in [3.63, 3.8) is 0 Å². The van der Waals surface area contributed by atoms with Crippen molar-refractivity contribution in [1.29, 1.82) is 0 Å². The van der Waals surface area contributed by atoms with Gasteiger partial charge in [-0.25, -0.2) is 4.68 Å². The van der Waals surface area contributed by atoms with Crippen molar-refractivity contribution < 1.29 is 18.7 Å². The molecule has 0 N–H and O–H groups in total. The van der Waals surface area contributed by atoms with E-state index in [-0.39, 0.29) is 12.0 Å². The molecule has 164 valence electrons. The van der Waals surface area contributed by atoms with E-state index in [1.54, 1.807) is 11.8 Å². The van der Waals surface area contributed by atoms with E-state index in [9.17, 15) is 0 Å². The van der Waals surface area contributed by atoms with Crippen LogP contribution in [0.4, 0.5) is 0 Å². The number of methoxy groups -OCH3 is 1. The number of fused-ring (bicyclic) bond motifs is 1. The maximum absolute atomic E-state index is 6.33. The van der Waals surface area contributed by atoms with Gasteiger partial charge in [0.15, 0.2) is 5.69 Å². The fourth-order valence-electron chi connectivity index (χ4n) is 3.63. The van der Waals surface area contributed by atoms with Gasteiger partial charge in [0, 0.05) is 0 Å². The number of benzene rings is 2. The van der Waals surface area contributed by atoms with E-state index in [1.165, 1.54) is 0 Å². The minimum Gasteiger partial charge on any atom is -0.496 e. The maximum atomic E-state index is 6.33. The quantitative estimate of drug-likeness (QED) is 0.425. The summed E-state index contributed by atoms with van der Waals surface area (Å²) in [5.41, 5.74) is 2.95. The van der Waals surface area contributed by atoms with E-state index in [2.05, 4.69) is 20.5 Å². The van der Waals surface area contributed by atoms with Crippen LogP contribution in [0.3, 0.4) is 0 Å². The second kappa shape index (κ2) is 8.60. The fraction of sp³-hybridized carbons (Fsp3) is 0.273. The van der Waals surface area contributed by atoms with Crippen LogP contribution in [0.5, 0.6) is 11.5 Å². The van der Waals surface area contributed by atoms with Gasteiger partial charge in [0.1, 0.15) is 17.6 Å². The smallest absolute Gasteiger partial charge is 0.280 e. The molecule has 10 heteroatoms. The number of hydrogen-bond acceptors (Lipinski definition) is 8. The van der Waals surface area contributed by atoms with Crippen molar-refractivity contribution in [2.75, 3.05) is 13.7 Å². The molecule has 0 spiro atoms. The molecule has 4 aromatic rings. The van der Waals surface area contributed by atoms with Crippen LogP contribution in [0.15, 0.2) is 47.0 Å². The largest absolute Gasteiger partial charge is 0.496 e. The highest BCUT2D eigenvalue weighted by Gasteiger charge is 2.28. The highest BCUT2D eigenvalue weighted by atomic mass is 35.5. The average Bonchev–Trinajstić information content (AvgIpc) is 3.47. The first kappa shape index (κ1) is 20.5. The predicted octanol–water partition coefficient (Wildman–Crippen LogP) is 4.33. The fourth-order valence-corrected chi connectivity index (χ4v) is 3.87. The van der Waals surface area contributed by atoms with Gasteiger partial charge >= 0.3 is 0 Å². The molecule has 1 aliphatic rings. The zero-order valence-electron chi connectivity index (χ0n) is 17.5. The van der Waals surface area contributed by atoms with Gasteiger partial charge in [0.05, 0.1) is 43.1 Å². The lowest BCUT2D eigenvalue weighted by molar-refractivity contribution is -0.00119. The summed E-state index contributed by atoms with van der Waals surface area (Å²) in [6, 6.07) is 13.1. The Hall–Kier alpha value is -3.43. The number of rotatable bonds is 6. The lowest BCUT2D eigenvalue weighted by Crippen LogP contribution is -2.22. The molecule has 1 atom stereocenters. The van der Waals surface area contributed by atoms with Crippen LogP contribution >= 0.6 is 11.6 Å². The Balaban J connectivity index is 1.39. The normalized spacial score (nSPS) is 15.4. The van der Waals surface area contributed by atoms with Crippen LogP contribution in [0, 0.1) is 0 Å². The highest BCUT2D eigenvalue weighted by Crippen LogP contribution is 2.35. The van der Waals surface area contributed by atoms with Crippen LogP contribution < -0.4 is 9.47 Å². The van der Waals surface area contributed by atoms with E-state index >= 15 is 0 Å². The lowest BCUT2D eigenvalue weighted by Gasteiger charge is -2.24. The van der Waals surface area contributed by atoms with E-state index in [0.29, 0.717) is 47.8 Å². The Morgan fingerprint density at radius 2 is 2.06 bits per heavy atom. The molecule has 1 aliphatic heterocycles. The standard InChI is InChI=1S/C22H20ClN5O4/c1-3-30-18-9-8-13(10-15(18)23)19-11-28-16(12-31-19)20(25-27-28)22-24-21(26-32-22)14-6-4-5-7-17(14)29-2/h4-10,19H,3,11-12H2,1-2H3. The summed E-state index contributed by atoms with van der Waals surface area (Å²) >= 11 is 6.33. The van der Waals surface area contributed by atoms with Crippen LogP contribution in [0.2, 0.25) is 5.02 Å². The monoisotopic (exact) mass is 453 g/mol. The molecule has 5 rings (SSSR count). The van der Waals surface area contributed by atoms with Crippen molar-refractivity contribution in [1.82, 2.24) is 25.1 Å². The summed E-state index contributed by atoms with van der Waals surface area (Å²) < 4.78 is 24.2. The predicted molar refractivity (Wildman–Crippen MR) is 115 cm³/mol. The molecule has 0 aliphatic carbocycles. The minimum absolute atomic E-state index is 0.211. The van der Waals surface area contributed by atoms with Gasteiger partial charge in [-0.2, -0.15) is 4.98 Å². The van der Waals surface area contributed by atoms with Crippen molar-refractivity contribution in [2.24, 2.45) is 0 Å². The average molecular weight is 454 g/mol. The molecule has 32 heavy (non-hydrogen) atoms. The Kier molecular flexibility index (Phi) is 5.50. The highest BCUT2D eigenvalue weighted by molar-refractivity contribution is 6.32. The number of nitrogens with zero attached hydrogens (tertiary/aromatic N) is 5. The van der Waals surface area contributed by atoms with Crippen molar-refractivity contribution in [3.05, 3.63) is 58.7 Å². The Morgan fingerprint density at radius 3 is 2.88 bits per heavy atom. The second-order valence-corrected chi connectivity index (χ2v) is 7.52. The first-order valence-electron chi connectivity index (χ1n) is 10.1. The molecule has 0 amide bonds. The lowest BCUT2D eigenvalue weighted by atomic mass is 10.1. The van der Waals surface area contributed by atoms with E-state index in [4.69, 9.17) is 30.3 Å². The molecule has 1 unspecified atom stereocenters. The molecule has 0 fully saturated rings. The number of aromatic nitrogens is 5. The molecule has 9 nitrogen and oxygen atoms in total. The zero-order chi connectivity index (χ0) is 22.1. The van der Waals surface area contributed by atoms with Gasteiger partial charge in [0.2, 0.25) is 5.82 Å². The zero-order valence-corrected chi connectivity index (χ0v) is 18.2. The second-order valence-electron chi connectivity index (χ2n) is 7.11. The van der Waals surface area contributed by atoms with E-state index in [0.717, 1.165) is 16.8 Å². The number of ether oxygens (including phenoxy) is 3. The Morgan fingerprint density at radius 1 is 1.19 bits per heavy atom. The Labute approximate surface area is 188 Å². The Bertz CT molecular complexity index is 1250. The SMILES string of the molecule is CCOc1ccc(C2Cn3nnc(-c4nc(-c5ccccc5OC)no4)c3CO2)cc1Cl. The van der Waals surface area contributed by atoms with E-state index in [1.807, 2.05) is 49.4 Å². The number of para-hydroxylation sites is 1. The van der Waals surface area contributed by atoms with Crippen LogP contribution in [-0.2, 0) is 17.9 Å². The van der Waals surface area contributed by atoms with Crippen molar-refractivity contribution in [3.8, 4) is 34.5 Å². The van der Waals surface area contributed by atoms with Crippen LogP contribution in [0.1, 0.15) is 24.3 Å². The molecule has 0 saturated carbocycles. The minimum atomic E-state index is -0.211. The summed E-state index contributed by atoms with van der Waals surface area (Å²) in [7, 11) is 1.60. The van der Waals surface area contributed by atoms with Crippen LogP contribution in [-0.4, -0.2) is 38.9 Å². The first-order chi connectivity index (χ1) is 15.7. The molecule has 2 aromatic heterocycles. The van der Waals surface area contributed by atoms with E-state index < -0.39 is 0 Å². The third-order valence-electron chi connectivity index (χ3n) is 5.20. The topological polar surface area (TPSA) is 97.3 Å². The molecule has 2 aromatic carbocycles. The summed E-state index contributed by atoms with van der Waals surface area (Å²) in [6.07, 6.45) is -0.211. The van der Waals surface area contributed by atoms with Crippen LogP contribution in [0.25, 0.3) is 23.0 Å². The number of hydrogen-bond donors (Lipinski definition) is 0. The first-order valence-corrected chi connectivity index (χ1v) is 10.5. The number of halogens is 1. The van der Waals surface area contributed by atoms with Gasteiger partial charge in [-0.3, -0.25) is 0 Å². The third-order valence-corrected chi connectivity index (χ3v) is 5.50.